The van der Waals surface area contributed by atoms with E-state index in [0.717, 1.165) is 24.8 Å². The van der Waals surface area contributed by atoms with E-state index < -0.39 is 12.1 Å². The van der Waals surface area contributed by atoms with Gasteiger partial charge in [0.15, 0.2) is 0 Å². The van der Waals surface area contributed by atoms with E-state index in [4.69, 9.17) is 9.84 Å². The topological polar surface area (TPSA) is 75.6 Å². The summed E-state index contributed by atoms with van der Waals surface area (Å²) in [7, 11) is 0. The van der Waals surface area contributed by atoms with Gasteiger partial charge in [0, 0.05) is 6.04 Å². The molecule has 1 aromatic rings. The number of carbonyl (C=O) groups is 2. The Hall–Kier alpha value is -2.04. The van der Waals surface area contributed by atoms with E-state index in [9.17, 15) is 9.59 Å². The molecule has 0 saturated heterocycles. The largest absolute Gasteiger partial charge is 0.481 e. The zero-order chi connectivity index (χ0) is 16.9. The summed E-state index contributed by atoms with van der Waals surface area (Å²) in [4.78, 5) is 22.7. The summed E-state index contributed by atoms with van der Waals surface area (Å²) in [5.41, 5.74) is 0.900. The number of unbranched alkanes of at least 4 members (excludes halogenated alkanes) is 4. The molecule has 2 N–H and O–H groups in total. The number of hydrogen-bond acceptors (Lipinski definition) is 3. The number of amides is 1. The van der Waals surface area contributed by atoms with E-state index in [-0.39, 0.29) is 19.1 Å². The Morgan fingerprint density at radius 3 is 2.48 bits per heavy atom. The first-order valence-corrected chi connectivity index (χ1v) is 8.30. The molecule has 5 heteroatoms. The van der Waals surface area contributed by atoms with E-state index >= 15 is 0 Å². The third-order valence-corrected chi connectivity index (χ3v) is 3.61. The molecule has 0 radical (unpaired) electrons. The van der Waals surface area contributed by atoms with Crippen molar-refractivity contribution in [1.82, 2.24) is 5.32 Å². The van der Waals surface area contributed by atoms with Gasteiger partial charge in [0.25, 0.3) is 0 Å². The normalized spacial score (nSPS) is 11.7. The molecule has 1 aromatic carbocycles. The van der Waals surface area contributed by atoms with Gasteiger partial charge in [-0.25, -0.2) is 4.79 Å². The zero-order valence-electron chi connectivity index (χ0n) is 13.8. The summed E-state index contributed by atoms with van der Waals surface area (Å²) in [6.45, 7) is 2.33. The first kappa shape index (κ1) is 19.0. The number of carboxylic acids is 1. The summed E-state index contributed by atoms with van der Waals surface area (Å²) in [5.74, 6) is -0.910. The molecule has 128 valence electrons. The molecule has 23 heavy (non-hydrogen) atoms. The van der Waals surface area contributed by atoms with Crippen LogP contribution >= 0.6 is 0 Å². The lowest BCUT2D eigenvalue weighted by Crippen LogP contribution is -2.36. The van der Waals surface area contributed by atoms with Crippen LogP contribution in [0.25, 0.3) is 0 Å². The quantitative estimate of drug-likeness (QED) is 0.601. The molecular formula is C18H27NO4. The minimum atomic E-state index is -0.910. The summed E-state index contributed by atoms with van der Waals surface area (Å²) in [6.07, 6.45) is 5.51. The van der Waals surface area contributed by atoms with Crippen molar-refractivity contribution in [2.75, 3.05) is 0 Å². The molecule has 0 unspecified atom stereocenters. The summed E-state index contributed by atoms with van der Waals surface area (Å²) in [6, 6.07) is 9.01. The maximum absolute atomic E-state index is 11.8. The van der Waals surface area contributed by atoms with Crippen molar-refractivity contribution in [3.63, 3.8) is 0 Å². The minimum absolute atomic E-state index is 0.0752. The van der Waals surface area contributed by atoms with E-state index in [0.29, 0.717) is 6.42 Å². The number of carboxylic acid groups (broad SMARTS) is 1. The number of hydrogen-bond donors (Lipinski definition) is 2. The van der Waals surface area contributed by atoms with Crippen LogP contribution in [-0.2, 0) is 16.1 Å². The first-order chi connectivity index (χ1) is 11.1. The number of carbonyl (C=O) groups excluding carboxylic acids is 1. The van der Waals surface area contributed by atoms with Crippen LogP contribution in [0.1, 0.15) is 57.4 Å². The number of alkyl carbamates (subject to hydrolysis) is 1. The zero-order valence-corrected chi connectivity index (χ0v) is 13.8. The molecule has 0 bridgehead atoms. The van der Waals surface area contributed by atoms with Crippen LogP contribution in [0.15, 0.2) is 30.3 Å². The Bertz CT molecular complexity index is 461. The molecule has 0 heterocycles. The van der Waals surface area contributed by atoms with Crippen molar-refractivity contribution in [3.8, 4) is 0 Å². The fourth-order valence-corrected chi connectivity index (χ4v) is 2.36. The molecular weight excluding hydrogens is 294 g/mol. The van der Waals surface area contributed by atoms with E-state index in [1.807, 2.05) is 30.3 Å². The number of aliphatic carboxylic acids is 1. The highest BCUT2D eigenvalue weighted by Gasteiger charge is 2.16. The number of rotatable bonds is 11. The van der Waals surface area contributed by atoms with E-state index in [1.54, 1.807) is 0 Å². The Balaban J connectivity index is 2.33. The van der Waals surface area contributed by atoms with Crippen LogP contribution in [0.3, 0.4) is 0 Å². The van der Waals surface area contributed by atoms with Crippen molar-refractivity contribution in [2.45, 2.75) is 64.5 Å². The lowest BCUT2D eigenvalue weighted by molar-refractivity contribution is -0.137. The highest BCUT2D eigenvalue weighted by molar-refractivity contribution is 5.71. The molecule has 0 spiro atoms. The van der Waals surface area contributed by atoms with Gasteiger partial charge in [0.1, 0.15) is 6.61 Å². The molecule has 0 aliphatic rings. The predicted octanol–water partition coefficient (Wildman–Crippen LogP) is 4.12. The van der Waals surface area contributed by atoms with Crippen LogP contribution in [0.2, 0.25) is 0 Å². The standard InChI is InChI=1S/C18H27NO4/c1-2-3-4-5-9-12-16(13-17(20)21)19-18(22)23-14-15-10-7-6-8-11-15/h6-8,10-11,16H,2-5,9,12-14H2,1H3,(H,19,22)(H,20,21)/t16-/m1/s1. The van der Waals surface area contributed by atoms with Gasteiger partial charge in [0.05, 0.1) is 6.42 Å². The van der Waals surface area contributed by atoms with Gasteiger partial charge in [-0.05, 0) is 12.0 Å². The second-order valence-electron chi connectivity index (χ2n) is 5.70. The Morgan fingerprint density at radius 1 is 1.13 bits per heavy atom. The van der Waals surface area contributed by atoms with Crippen LogP contribution < -0.4 is 5.32 Å². The first-order valence-electron chi connectivity index (χ1n) is 8.30. The van der Waals surface area contributed by atoms with Crippen LogP contribution in [0.5, 0.6) is 0 Å². The Kier molecular flexibility index (Phi) is 9.52. The second-order valence-corrected chi connectivity index (χ2v) is 5.70. The van der Waals surface area contributed by atoms with Gasteiger partial charge in [-0.2, -0.15) is 0 Å². The summed E-state index contributed by atoms with van der Waals surface area (Å²) in [5, 5.41) is 11.6. The van der Waals surface area contributed by atoms with Gasteiger partial charge < -0.3 is 15.2 Å². The molecule has 0 aliphatic carbocycles. The summed E-state index contributed by atoms with van der Waals surface area (Å²) < 4.78 is 5.14. The molecule has 5 nitrogen and oxygen atoms in total. The lowest BCUT2D eigenvalue weighted by atomic mass is 10.0. The molecule has 1 rings (SSSR count). The van der Waals surface area contributed by atoms with Crippen molar-refractivity contribution in [3.05, 3.63) is 35.9 Å². The minimum Gasteiger partial charge on any atom is -0.481 e. The number of benzene rings is 1. The highest BCUT2D eigenvalue weighted by Crippen LogP contribution is 2.10. The smallest absolute Gasteiger partial charge is 0.407 e. The molecule has 0 aliphatic heterocycles. The van der Waals surface area contributed by atoms with Gasteiger partial charge in [0.2, 0.25) is 0 Å². The fraction of sp³-hybridized carbons (Fsp3) is 0.556. The summed E-state index contributed by atoms with van der Waals surface area (Å²) >= 11 is 0. The fourth-order valence-electron chi connectivity index (χ4n) is 2.36. The third-order valence-electron chi connectivity index (χ3n) is 3.61. The molecule has 0 aromatic heterocycles. The van der Waals surface area contributed by atoms with Crippen molar-refractivity contribution in [1.29, 1.82) is 0 Å². The van der Waals surface area contributed by atoms with Gasteiger partial charge in [-0.3, -0.25) is 4.79 Å². The van der Waals surface area contributed by atoms with Gasteiger partial charge in [-0.15, -0.1) is 0 Å². The molecule has 1 amide bonds. The molecule has 0 fully saturated rings. The molecule has 0 saturated carbocycles. The maximum atomic E-state index is 11.8. The average Bonchev–Trinajstić information content (AvgIpc) is 2.53. The second kappa shape index (κ2) is 11.5. The maximum Gasteiger partial charge on any atom is 0.407 e. The van der Waals surface area contributed by atoms with Crippen LogP contribution in [-0.4, -0.2) is 23.2 Å². The predicted molar refractivity (Wildman–Crippen MR) is 89.2 cm³/mol. The Labute approximate surface area is 138 Å². The number of ether oxygens (including phenoxy) is 1. The monoisotopic (exact) mass is 321 g/mol. The van der Waals surface area contributed by atoms with Gasteiger partial charge >= 0.3 is 12.1 Å². The highest BCUT2D eigenvalue weighted by atomic mass is 16.5. The van der Waals surface area contributed by atoms with Gasteiger partial charge in [-0.1, -0.05) is 69.4 Å². The van der Waals surface area contributed by atoms with Crippen LogP contribution in [0, 0.1) is 0 Å². The molecule has 1 atom stereocenters. The SMILES string of the molecule is CCCCCCC[C@H](CC(=O)O)NC(=O)OCc1ccccc1. The average molecular weight is 321 g/mol. The van der Waals surface area contributed by atoms with E-state index in [2.05, 4.69) is 12.2 Å². The van der Waals surface area contributed by atoms with Crippen molar-refractivity contribution >= 4 is 12.1 Å². The van der Waals surface area contributed by atoms with Crippen molar-refractivity contribution < 1.29 is 19.4 Å². The van der Waals surface area contributed by atoms with E-state index in [1.165, 1.54) is 12.8 Å². The number of nitrogens with one attached hydrogen (secondary N) is 1. The van der Waals surface area contributed by atoms with Crippen LogP contribution in [0.4, 0.5) is 4.79 Å². The lowest BCUT2D eigenvalue weighted by Gasteiger charge is -2.17. The Morgan fingerprint density at radius 2 is 1.83 bits per heavy atom. The van der Waals surface area contributed by atoms with Crippen molar-refractivity contribution in [2.24, 2.45) is 0 Å². The third kappa shape index (κ3) is 9.55.